The van der Waals surface area contributed by atoms with Crippen molar-refractivity contribution in [1.29, 1.82) is 0 Å². The molecule has 0 amide bonds. The van der Waals surface area contributed by atoms with Crippen LogP contribution in [0.2, 0.25) is 0 Å². The van der Waals surface area contributed by atoms with E-state index in [0.29, 0.717) is 17.5 Å². The fourth-order valence-electron chi connectivity index (χ4n) is 9.35. The normalized spacial score (nSPS) is 11.8. The smallest absolute Gasteiger partial charge is 0.167 e. The van der Waals surface area contributed by atoms with Gasteiger partial charge in [0.2, 0.25) is 0 Å². The minimum atomic E-state index is 0.543. The van der Waals surface area contributed by atoms with E-state index in [1.54, 1.807) is 0 Å². The summed E-state index contributed by atoms with van der Waals surface area (Å²) < 4.78 is 15.7. The van der Waals surface area contributed by atoms with Gasteiger partial charge in [0, 0.05) is 43.6 Å². The maximum Gasteiger partial charge on any atom is 0.167 e. The Bertz CT molecular complexity index is 3850. The van der Waals surface area contributed by atoms with Crippen LogP contribution in [0, 0.1) is 0 Å². The molecule has 0 aliphatic heterocycles. The van der Waals surface area contributed by atoms with Gasteiger partial charge in [-0.1, -0.05) is 158 Å². The first-order valence-electron chi connectivity index (χ1n) is 21.1. The van der Waals surface area contributed by atoms with Crippen LogP contribution in [0.1, 0.15) is 0 Å². The van der Waals surface area contributed by atoms with Crippen LogP contribution in [0.4, 0.5) is 0 Å². The summed E-state index contributed by atoms with van der Waals surface area (Å²) >= 11 is 0. The number of rotatable bonds is 6. The predicted molar refractivity (Wildman–Crippen MR) is 256 cm³/mol. The van der Waals surface area contributed by atoms with Gasteiger partial charge in [0.15, 0.2) is 17.5 Å². The summed E-state index contributed by atoms with van der Waals surface area (Å²) in [5, 5.41) is 6.53. The summed E-state index contributed by atoms with van der Waals surface area (Å²) in [7, 11) is 0. The third kappa shape index (κ3) is 5.62. The van der Waals surface area contributed by atoms with Crippen molar-refractivity contribution in [3.05, 3.63) is 206 Å². The second-order valence-electron chi connectivity index (χ2n) is 15.9. The Kier molecular flexibility index (Phi) is 7.80. The Labute approximate surface area is 361 Å². The van der Waals surface area contributed by atoms with Gasteiger partial charge < -0.3 is 13.4 Å². The lowest BCUT2D eigenvalue weighted by atomic mass is 9.97. The number of benzene rings is 9. The molecule has 294 valence electrons. The van der Waals surface area contributed by atoms with E-state index >= 15 is 0 Å². The second-order valence-corrected chi connectivity index (χ2v) is 15.9. The van der Waals surface area contributed by atoms with Crippen LogP contribution in [0.15, 0.2) is 215 Å². The van der Waals surface area contributed by atoms with Gasteiger partial charge in [0.05, 0.1) is 27.7 Å². The molecule has 0 saturated carbocycles. The van der Waals surface area contributed by atoms with Gasteiger partial charge in [0.1, 0.15) is 22.3 Å². The molecule has 4 aromatic heterocycles. The number of para-hydroxylation sites is 4. The molecule has 0 radical (unpaired) electrons. The number of nitrogens with zero attached hydrogens (tertiary/aromatic N) is 4. The third-order valence-corrected chi connectivity index (χ3v) is 12.3. The Morgan fingerprint density at radius 1 is 0.317 bits per heavy atom. The molecule has 6 nitrogen and oxygen atoms in total. The van der Waals surface area contributed by atoms with E-state index in [-0.39, 0.29) is 0 Å². The molecule has 4 heterocycles. The fourth-order valence-corrected chi connectivity index (χ4v) is 9.35. The lowest BCUT2D eigenvalue weighted by Gasteiger charge is -2.16. The number of furan rings is 2. The van der Waals surface area contributed by atoms with Crippen LogP contribution in [-0.4, -0.2) is 19.5 Å². The van der Waals surface area contributed by atoms with Crippen LogP contribution >= 0.6 is 0 Å². The zero-order chi connectivity index (χ0) is 41.4. The summed E-state index contributed by atoms with van der Waals surface area (Å²) in [4.78, 5) is 15.2. The van der Waals surface area contributed by atoms with Crippen molar-refractivity contribution in [2.75, 3.05) is 0 Å². The Morgan fingerprint density at radius 3 is 1.57 bits per heavy atom. The van der Waals surface area contributed by atoms with Crippen LogP contribution in [0.3, 0.4) is 0 Å². The topological polar surface area (TPSA) is 69.9 Å². The molecule has 0 bridgehead atoms. The molecular formula is C57H34N4O2. The largest absolute Gasteiger partial charge is 0.456 e. The summed E-state index contributed by atoms with van der Waals surface area (Å²) in [6.07, 6.45) is 0. The van der Waals surface area contributed by atoms with Crippen molar-refractivity contribution in [2.24, 2.45) is 0 Å². The lowest BCUT2D eigenvalue weighted by Crippen LogP contribution is -2.00. The third-order valence-electron chi connectivity index (χ3n) is 12.3. The molecule has 0 aliphatic carbocycles. The van der Waals surface area contributed by atoms with E-state index in [2.05, 4.69) is 156 Å². The average Bonchev–Trinajstić information content (AvgIpc) is 4.04. The highest BCUT2D eigenvalue weighted by molar-refractivity contribution is 6.17. The van der Waals surface area contributed by atoms with Gasteiger partial charge in [-0.2, -0.15) is 0 Å². The van der Waals surface area contributed by atoms with Gasteiger partial charge in [-0.25, -0.2) is 15.0 Å². The molecular weight excluding hydrogens is 773 g/mol. The quantitative estimate of drug-likeness (QED) is 0.167. The summed E-state index contributed by atoms with van der Waals surface area (Å²) in [6, 6.07) is 71.5. The SMILES string of the molecule is c1ccc(-c2ccc(-c3nc(-c4ccccc4)nc(-c4cccc5c4oc4ccc(-c6ccc7oc8ccccc8c7c6-n6c7ccccc7c7ccccc76)cc45)n3)cc2)cc1. The van der Waals surface area contributed by atoms with Gasteiger partial charge in [-0.05, 0) is 65.2 Å². The van der Waals surface area contributed by atoms with E-state index in [0.717, 1.165) is 99.5 Å². The zero-order valence-electron chi connectivity index (χ0n) is 33.7. The fraction of sp³-hybridized carbons (Fsp3) is 0. The first kappa shape index (κ1) is 35.2. The Hall–Kier alpha value is -8.61. The Balaban J connectivity index is 1.01. The van der Waals surface area contributed by atoms with E-state index in [9.17, 15) is 0 Å². The molecule has 0 unspecified atom stereocenters. The van der Waals surface area contributed by atoms with Crippen LogP contribution in [0.25, 0.3) is 128 Å². The first-order chi connectivity index (χ1) is 31.2. The molecule has 6 heteroatoms. The minimum absolute atomic E-state index is 0.543. The molecule has 0 N–H and O–H groups in total. The molecule has 9 aromatic carbocycles. The summed E-state index contributed by atoms with van der Waals surface area (Å²) in [6.45, 7) is 0. The van der Waals surface area contributed by atoms with Crippen molar-refractivity contribution in [2.45, 2.75) is 0 Å². The van der Waals surface area contributed by atoms with Gasteiger partial charge in [-0.3, -0.25) is 0 Å². The Morgan fingerprint density at radius 2 is 0.841 bits per heavy atom. The highest BCUT2D eigenvalue weighted by Crippen LogP contribution is 2.45. The first-order valence-corrected chi connectivity index (χ1v) is 21.1. The molecule has 13 aromatic rings. The maximum absolute atomic E-state index is 6.80. The minimum Gasteiger partial charge on any atom is -0.456 e. The van der Waals surface area contributed by atoms with Crippen LogP contribution in [0.5, 0.6) is 0 Å². The average molecular weight is 807 g/mol. The molecule has 13 rings (SSSR count). The number of fused-ring (bicyclic) bond motifs is 9. The molecule has 63 heavy (non-hydrogen) atoms. The number of hydrogen-bond acceptors (Lipinski definition) is 5. The standard InChI is InChI=1S/C57H34N4O2/c1-3-14-35(15-4-1)36-26-28-38(29-27-36)56-58-55(37-16-5-2-6-17-37)59-57(60-56)45-22-13-21-43-46-34-39(30-32-50(46)63-54(43)45)40-31-33-51-52(44-20-9-12-25-49(44)62-51)53(40)61-47-23-10-7-18-41(47)42-19-8-11-24-48(42)61/h1-34H. The molecule has 0 aliphatic rings. The van der Waals surface area contributed by atoms with Crippen molar-refractivity contribution >= 4 is 65.7 Å². The summed E-state index contributed by atoms with van der Waals surface area (Å²) in [5.74, 6) is 1.73. The van der Waals surface area contributed by atoms with E-state index in [4.69, 9.17) is 23.8 Å². The van der Waals surface area contributed by atoms with Crippen molar-refractivity contribution in [3.8, 4) is 62.1 Å². The van der Waals surface area contributed by atoms with Crippen LogP contribution < -0.4 is 0 Å². The zero-order valence-corrected chi connectivity index (χ0v) is 33.7. The van der Waals surface area contributed by atoms with Gasteiger partial charge >= 0.3 is 0 Å². The molecule has 0 atom stereocenters. The van der Waals surface area contributed by atoms with Gasteiger partial charge in [0.25, 0.3) is 0 Å². The highest BCUT2D eigenvalue weighted by atomic mass is 16.3. The van der Waals surface area contributed by atoms with Crippen molar-refractivity contribution in [1.82, 2.24) is 19.5 Å². The molecule has 0 saturated heterocycles. The molecule has 0 spiro atoms. The van der Waals surface area contributed by atoms with E-state index in [1.165, 1.54) is 10.8 Å². The number of hydrogen-bond donors (Lipinski definition) is 0. The monoisotopic (exact) mass is 806 g/mol. The van der Waals surface area contributed by atoms with Crippen LogP contribution in [-0.2, 0) is 0 Å². The van der Waals surface area contributed by atoms with E-state index < -0.39 is 0 Å². The van der Waals surface area contributed by atoms with Crippen molar-refractivity contribution < 1.29 is 8.83 Å². The maximum atomic E-state index is 6.80. The number of aromatic nitrogens is 4. The lowest BCUT2D eigenvalue weighted by molar-refractivity contribution is 0.668. The predicted octanol–water partition coefficient (Wildman–Crippen LogP) is 15.1. The molecule has 0 fully saturated rings. The summed E-state index contributed by atoms with van der Waals surface area (Å²) in [5.41, 5.74) is 13.6. The van der Waals surface area contributed by atoms with Gasteiger partial charge in [-0.15, -0.1) is 0 Å². The van der Waals surface area contributed by atoms with Crippen molar-refractivity contribution in [3.63, 3.8) is 0 Å². The van der Waals surface area contributed by atoms with E-state index in [1.807, 2.05) is 54.6 Å². The second kappa shape index (κ2) is 14.0. The highest BCUT2D eigenvalue weighted by Gasteiger charge is 2.23.